The summed E-state index contributed by atoms with van der Waals surface area (Å²) in [6.45, 7) is 0. The Bertz CT molecular complexity index is 554. The lowest BCUT2D eigenvalue weighted by Gasteiger charge is -2.29. The van der Waals surface area contributed by atoms with Crippen molar-refractivity contribution in [1.29, 1.82) is 0 Å². The lowest BCUT2D eigenvalue weighted by molar-refractivity contribution is 0.0864. The molecule has 2 aromatic heterocycles. The molecule has 22 heavy (non-hydrogen) atoms. The van der Waals surface area contributed by atoms with Gasteiger partial charge in [0.05, 0.1) is 12.5 Å². The van der Waals surface area contributed by atoms with Crippen molar-refractivity contribution in [3.8, 4) is 0 Å². The average molecular weight is 302 g/mol. The van der Waals surface area contributed by atoms with E-state index in [1.165, 1.54) is 12.5 Å². The second-order valence-corrected chi connectivity index (χ2v) is 5.45. The molecular formula is C16H18N2O4. The van der Waals surface area contributed by atoms with Crippen molar-refractivity contribution in [1.82, 2.24) is 10.6 Å². The molecule has 116 valence electrons. The number of hydrogen-bond donors (Lipinski definition) is 2. The molecule has 1 aliphatic carbocycles. The summed E-state index contributed by atoms with van der Waals surface area (Å²) in [5, 5.41) is 5.92. The molecule has 0 aliphatic heterocycles. The summed E-state index contributed by atoms with van der Waals surface area (Å²) in [7, 11) is 0. The predicted octanol–water partition coefficient (Wildman–Crippen LogP) is 2.34. The van der Waals surface area contributed by atoms with Gasteiger partial charge in [0.2, 0.25) is 0 Å². The zero-order chi connectivity index (χ0) is 15.4. The zero-order valence-electron chi connectivity index (χ0n) is 12.1. The fraction of sp³-hybridized carbons (Fsp3) is 0.375. The Kier molecular flexibility index (Phi) is 4.27. The number of amides is 2. The summed E-state index contributed by atoms with van der Waals surface area (Å²) in [4.78, 5) is 23.8. The molecule has 2 heterocycles. The number of rotatable bonds is 4. The first-order chi connectivity index (χ1) is 10.7. The van der Waals surface area contributed by atoms with Crippen molar-refractivity contribution in [2.75, 3.05) is 0 Å². The third-order valence-corrected chi connectivity index (χ3v) is 3.89. The van der Waals surface area contributed by atoms with Gasteiger partial charge in [-0.3, -0.25) is 9.59 Å². The minimum atomic E-state index is -0.187. The first-order valence-electron chi connectivity index (χ1n) is 7.41. The van der Waals surface area contributed by atoms with Gasteiger partial charge in [0.1, 0.15) is 0 Å². The molecule has 1 fully saturated rings. The van der Waals surface area contributed by atoms with Crippen molar-refractivity contribution in [2.45, 2.75) is 37.8 Å². The van der Waals surface area contributed by atoms with E-state index in [0.717, 1.165) is 25.7 Å². The highest BCUT2D eigenvalue weighted by atomic mass is 16.3. The summed E-state index contributed by atoms with van der Waals surface area (Å²) >= 11 is 0. The third-order valence-electron chi connectivity index (χ3n) is 3.89. The molecule has 1 aliphatic rings. The van der Waals surface area contributed by atoms with Crippen LogP contribution in [-0.4, -0.2) is 23.9 Å². The standard InChI is InChI=1S/C16H18N2O4/c19-15(13-3-1-9-21-13)17-11-5-7-12(8-6-11)18-16(20)14-4-2-10-22-14/h1-4,9-12H,5-8H2,(H,17,19)(H,18,20). The number of carbonyl (C=O) groups is 2. The number of carbonyl (C=O) groups excluding carboxylic acids is 2. The fourth-order valence-corrected chi connectivity index (χ4v) is 2.71. The summed E-state index contributed by atoms with van der Waals surface area (Å²) in [6, 6.07) is 6.91. The Labute approximate surface area is 127 Å². The van der Waals surface area contributed by atoms with Gasteiger partial charge >= 0.3 is 0 Å². The molecule has 0 radical (unpaired) electrons. The van der Waals surface area contributed by atoms with E-state index in [4.69, 9.17) is 8.83 Å². The van der Waals surface area contributed by atoms with E-state index in [1.807, 2.05) is 0 Å². The van der Waals surface area contributed by atoms with Gasteiger partial charge in [-0.05, 0) is 49.9 Å². The van der Waals surface area contributed by atoms with Crippen molar-refractivity contribution in [3.63, 3.8) is 0 Å². The van der Waals surface area contributed by atoms with Crippen molar-refractivity contribution in [3.05, 3.63) is 48.3 Å². The smallest absolute Gasteiger partial charge is 0.287 e. The van der Waals surface area contributed by atoms with Gasteiger partial charge in [-0.15, -0.1) is 0 Å². The lowest BCUT2D eigenvalue weighted by atomic mass is 9.91. The summed E-state index contributed by atoms with van der Waals surface area (Å²) in [5.41, 5.74) is 0. The van der Waals surface area contributed by atoms with E-state index in [2.05, 4.69) is 10.6 Å². The van der Waals surface area contributed by atoms with E-state index in [1.54, 1.807) is 24.3 Å². The van der Waals surface area contributed by atoms with Gasteiger partial charge in [0.25, 0.3) is 11.8 Å². The molecule has 3 rings (SSSR count). The van der Waals surface area contributed by atoms with Crippen LogP contribution >= 0.6 is 0 Å². The van der Waals surface area contributed by atoms with Crippen LogP contribution in [0.1, 0.15) is 46.8 Å². The van der Waals surface area contributed by atoms with E-state index in [0.29, 0.717) is 11.5 Å². The topological polar surface area (TPSA) is 84.5 Å². The van der Waals surface area contributed by atoms with Crippen LogP contribution < -0.4 is 10.6 Å². The van der Waals surface area contributed by atoms with Gasteiger partial charge in [0.15, 0.2) is 11.5 Å². The summed E-state index contributed by atoms with van der Waals surface area (Å²) in [5.74, 6) is 0.280. The molecule has 2 N–H and O–H groups in total. The molecule has 1 saturated carbocycles. The number of nitrogens with one attached hydrogen (secondary N) is 2. The highest BCUT2D eigenvalue weighted by Crippen LogP contribution is 2.19. The number of hydrogen-bond acceptors (Lipinski definition) is 4. The SMILES string of the molecule is O=C(NC1CCC(NC(=O)c2ccco2)CC1)c1ccco1. The quantitative estimate of drug-likeness (QED) is 0.908. The highest BCUT2D eigenvalue weighted by Gasteiger charge is 2.25. The molecule has 0 atom stereocenters. The predicted molar refractivity (Wildman–Crippen MR) is 78.4 cm³/mol. The maximum absolute atomic E-state index is 11.9. The van der Waals surface area contributed by atoms with Crippen LogP contribution in [0.5, 0.6) is 0 Å². The maximum atomic E-state index is 11.9. The minimum Gasteiger partial charge on any atom is -0.459 e. The Balaban J connectivity index is 1.44. The monoisotopic (exact) mass is 302 g/mol. The molecular weight excluding hydrogens is 284 g/mol. The first kappa shape index (κ1) is 14.4. The van der Waals surface area contributed by atoms with Gasteiger partial charge < -0.3 is 19.5 Å². The van der Waals surface area contributed by atoms with Crippen molar-refractivity contribution >= 4 is 11.8 Å². The fourth-order valence-electron chi connectivity index (χ4n) is 2.71. The van der Waals surface area contributed by atoms with Crippen molar-refractivity contribution in [2.24, 2.45) is 0 Å². The molecule has 0 bridgehead atoms. The second-order valence-electron chi connectivity index (χ2n) is 5.45. The highest BCUT2D eigenvalue weighted by molar-refractivity contribution is 5.92. The normalized spacial score (nSPS) is 21.3. The minimum absolute atomic E-state index is 0.120. The van der Waals surface area contributed by atoms with Crippen LogP contribution in [0, 0.1) is 0 Å². The molecule has 6 nitrogen and oxygen atoms in total. The Hall–Kier alpha value is -2.50. The molecule has 2 aromatic rings. The largest absolute Gasteiger partial charge is 0.459 e. The molecule has 2 amide bonds. The molecule has 0 spiro atoms. The van der Waals surface area contributed by atoms with E-state index >= 15 is 0 Å². The third kappa shape index (κ3) is 3.39. The van der Waals surface area contributed by atoms with Crippen LogP contribution in [0.15, 0.2) is 45.6 Å². The summed E-state index contributed by atoms with van der Waals surface area (Å²) in [6.07, 6.45) is 6.28. The van der Waals surface area contributed by atoms with Crippen LogP contribution in [0.2, 0.25) is 0 Å². The first-order valence-corrected chi connectivity index (χ1v) is 7.41. The number of furan rings is 2. The molecule has 0 unspecified atom stereocenters. The zero-order valence-corrected chi connectivity index (χ0v) is 12.1. The maximum Gasteiger partial charge on any atom is 0.287 e. The summed E-state index contributed by atoms with van der Waals surface area (Å²) < 4.78 is 10.1. The second kappa shape index (κ2) is 6.51. The Morgan fingerprint density at radius 2 is 1.23 bits per heavy atom. The van der Waals surface area contributed by atoms with E-state index in [-0.39, 0.29) is 23.9 Å². The van der Waals surface area contributed by atoms with Crippen LogP contribution in [-0.2, 0) is 0 Å². The molecule has 0 saturated heterocycles. The van der Waals surface area contributed by atoms with Gasteiger partial charge in [0, 0.05) is 12.1 Å². The van der Waals surface area contributed by atoms with Gasteiger partial charge in [-0.1, -0.05) is 0 Å². The van der Waals surface area contributed by atoms with Crippen molar-refractivity contribution < 1.29 is 18.4 Å². The van der Waals surface area contributed by atoms with E-state index in [9.17, 15) is 9.59 Å². The molecule has 6 heteroatoms. The van der Waals surface area contributed by atoms with Gasteiger partial charge in [-0.2, -0.15) is 0 Å². The Morgan fingerprint density at radius 1 is 0.818 bits per heavy atom. The van der Waals surface area contributed by atoms with Crippen LogP contribution in [0.4, 0.5) is 0 Å². The average Bonchev–Trinajstić information content (AvgIpc) is 3.23. The van der Waals surface area contributed by atoms with Gasteiger partial charge in [-0.25, -0.2) is 0 Å². The van der Waals surface area contributed by atoms with E-state index < -0.39 is 0 Å². The van der Waals surface area contributed by atoms with Crippen LogP contribution in [0.3, 0.4) is 0 Å². The van der Waals surface area contributed by atoms with Crippen LogP contribution in [0.25, 0.3) is 0 Å². The molecule has 0 aromatic carbocycles. The Morgan fingerprint density at radius 3 is 1.55 bits per heavy atom. The lowest BCUT2D eigenvalue weighted by Crippen LogP contribution is -2.43.